The third-order valence-corrected chi connectivity index (χ3v) is 5.33. The number of nitrogens with zero attached hydrogens (tertiary/aromatic N) is 3. The van der Waals surface area contributed by atoms with Crippen molar-refractivity contribution in [1.82, 2.24) is 14.5 Å². The summed E-state index contributed by atoms with van der Waals surface area (Å²) in [7, 11) is 0. The summed E-state index contributed by atoms with van der Waals surface area (Å²) >= 11 is 0. The summed E-state index contributed by atoms with van der Waals surface area (Å²) in [5.41, 5.74) is 3.57. The molecule has 3 aromatic carbocycles. The molecule has 1 aromatic heterocycles. The lowest BCUT2D eigenvalue weighted by Crippen LogP contribution is -2.36. The van der Waals surface area contributed by atoms with Crippen LogP contribution in [0.1, 0.15) is 12.0 Å². The van der Waals surface area contributed by atoms with Gasteiger partial charge in [0, 0.05) is 12.2 Å². The van der Waals surface area contributed by atoms with E-state index in [4.69, 9.17) is 4.98 Å². The van der Waals surface area contributed by atoms with Crippen molar-refractivity contribution in [3.8, 4) is 5.69 Å². The highest BCUT2D eigenvalue weighted by Gasteiger charge is 2.15. The molecule has 0 unspecified atom stereocenters. The minimum absolute atomic E-state index is 0.0824. The van der Waals surface area contributed by atoms with Crippen LogP contribution in [0.4, 0.5) is 11.6 Å². The van der Waals surface area contributed by atoms with Crippen LogP contribution in [0.25, 0.3) is 16.6 Å². The second-order valence-corrected chi connectivity index (χ2v) is 7.38. The van der Waals surface area contributed by atoms with Gasteiger partial charge in [-0.3, -0.25) is 9.69 Å². The van der Waals surface area contributed by atoms with Crippen molar-refractivity contribution in [2.24, 2.45) is 0 Å². The Kier molecular flexibility index (Phi) is 4.58. The summed E-state index contributed by atoms with van der Waals surface area (Å²) in [6.45, 7) is 3.28. The van der Waals surface area contributed by atoms with Crippen molar-refractivity contribution >= 4 is 22.5 Å². The molecule has 0 amide bonds. The largest absolute Gasteiger partial charge is 0.325 e. The number of hydrogen-bond donors (Lipinski definition) is 1. The zero-order chi connectivity index (χ0) is 19.6. The molecule has 144 valence electrons. The van der Waals surface area contributed by atoms with E-state index < -0.39 is 0 Å². The SMILES string of the molecule is O=c1c2ccccc2nc(Nc2cccc(CN3CCC3)c2)n1-c1ccccc1. The van der Waals surface area contributed by atoms with Gasteiger partial charge in [0.1, 0.15) is 0 Å². The van der Waals surface area contributed by atoms with Crippen LogP contribution in [0.15, 0.2) is 83.7 Å². The maximum absolute atomic E-state index is 13.3. The molecule has 0 saturated carbocycles. The third kappa shape index (κ3) is 3.52. The van der Waals surface area contributed by atoms with Crippen molar-refractivity contribution < 1.29 is 0 Å². The second kappa shape index (κ2) is 7.53. The van der Waals surface area contributed by atoms with Crippen molar-refractivity contribution in [2.75, 3.05) is 18.4 Å². The fourth-order valence-electron chi connectivity index (χ4n) is 3.71. The van der Waals surface area contributed by atoms with Crippen molar-refractivity contribution in [3.05, 3.63) is 94.8 Å². The van der Waals surface area contributed by atoms with Crippen molar-refractivity contribution in [3.63, 3.8) is 0 Å². The molecule has 0 aliphatic carbocycles. The zero-order valence-electron chi connectivity index (χ0n) is 16.1. The van der Waals surface area contributed by atoms with E-state index in [0.29, 0.717) is 16.9 Å². The first kappa shape index (κ1) is 17.6. The maximum atomic E-state index is 13.3. The van der Waals surface area contributed by atoms with Crippen LogP contribution in [0.5, 0.6) is 0 Å². The van der Waals surface area contributed by atoms with E-state index in [1.807, 2.05) is 66.7 Å². The highest BCUT2D eigenvalue weighted by atomic mass is 16.1. The first-order chi connectivity index (χ1) is 14.3. The first-order valence-electron chi connectivity index (χ1n) is 9.93. The van der Waals surface area contributed by atoms with Crippen LogP contribution in [0.3, 0.4) is 0 Å². The number of nitrogens with one attached hydrogen (secondary N) is 1. The van der Waals surface area contributed by atoms with E-state index in [1.165, 1.54) is 12.0 Å². The molecule has 4 aromatic rings. The third-order valence-electron chi connectivity index (χ3n) is 5.33. The molecule has 1 aliphatic rings. The summed E-state index contributed by atoms with van der Waals surface area (Å²) in [5, 5.41) is 3.99. The van der Waals surface area contributed by atoms with Crippen molar-refractivity contribution in [1.29, 1.82) is 0 Å². The fraction of sp³-hybridized carbons (Fsp3) is 0.167. The number of rotatable bonds is 5. The van der Waals surface area contributed by atoms with Gasteiger partial charge in [0.25, 0.3) is 5.56 Å². The Morgan fingerprint density at radius 3 is 2.48 bits per heavy atom. The minimum atomic E-state index is -0.0824. The van der Waals surface area contributed by atoms with Gasteiger partial charge in [0.05, 0.1) is 16.6 Å². The van der Waals surface area contributed by atoms with Gasteiger partial charge in [-0.15, -0.1) is 0 Å². The molecule has 0 bridgehead atoms. The molecule has 1 fully saturated rings. The molecule has 1 N–H and O–H groups in total. The van der Waals surface area contributed by atoms with Crippen LogP contribution in [0.2, 0.25) is 0 Å². The lowest BCUT2D eigenvalue weighted by molar-refractivity contribution is 0.172. The smallest absolute Gasteiger partial charge is 0.267 e. The van der Waals surface area contributed by atoms with Gasteiger partial charge in [-0.1, -0.05) is 42.5 Å². The lowest BCUT2D eigenvalue weighted by atomic mass is 10.1. The average Bonchev–Trinajstić information content (AvgIpc) is 2.72. The van der Waals surface area contributed by atoms with E-state index in [9.17, 15) is 4.79 Å². The van der Waals surface area contributed by atoms with Crippen molar-refractivity contribution in [2.45, 2.75) is 13.0 Å². The van der Waals surface area contributed by atoms with Crippen LogP contribution in [-0.4, -0.2) is 27.5 Å². The molecule has 29 heavy (non-hydrogen) atoms. The Balaban J connectivity index is 1.59. The highest BCUT2D eigenvalue weighted by Crippen LogP contribution is 2.22. The normalized spacial score (nSPS) is 13.9. The number of fused-ring (bicyclic) bond motifs is 1. The number of hydrogen-bond acceptors (Lipinski definition) is 4. The molecule has 5 heteroatoms. The van der Waals surface area contributed by atoms with Gasteiger partial charge in [0.15, 0.2) is 0 Å². The Morgan fingerprint density at radius 1 is 0.897 bits per heavy atom. The number of anilines is 2. The molecule has 5 rings (SSSR count). The molecular formula is C24H22N4O. The molecule has 5 nitrogen and oxygen atoms in total. The van der Waals surface area contributed by atoms with Gasteiger partial charge in [-0.2, -0.15) is 0 Å². The molecule has 0 spiro atoms. The molecular weight excluding hydrogens is 360 g/mol. The molecule has 2 heterocycles. The number of benzene rings is 3. The minimum Gasteiger partial charge on any atom is -0.325 e. The average molecular weight is 382 g/mol. The van der Waals surface area contributed by atoms with Gasteiger partial charge in [-0.05, 0) is 61.5 Å². The van der Waals surface area contributed by atoms with Gasteiger partial charge in [0.2, 0.25) is 5.95 Å². The maximum Gasteiger partial charge on any atom is 0.267 e. The first-order valence-corrected chi connectivity index (χ1v) is 9.93. The molecule has 1 saturated heterocycles. The quantitative estimate of drug-likeness (QED) is 0.558. The van der Waals surface area contributed by atoms with Crippen LogP contribution in [-0.2, 0) is 6.54 Å². The lowest BCUT2D eigenvalue weighted by Gasteiger charge is -2.30. The summed E-state index contributed by atoms with van der Waals surface area (Å²) in [5.74, 6) is 0.515. The monoisotopic (exact) mass is 382 g/mol. The Bertz CT molecular complexity index is 1210. The van der Waals surface area contributed by atoms with Crippen LogP contribution >= 0.6 is 0 Å². The second-order valence-electron chi connectivity index (χ2n) is 7.38. The molecule has 1 aliphatic heterocycles. The molecule has 0 radical (unpaired) electrons. The highest BCUT2D eigenvalue weighted by molar-refractivity contribution is 5.80. The predicted molar refractivity (Wildman–Crippen MR) is 117 cm³/mol. The van der Waals surface area contributed by atoms with Crippen LogP contribution < -0.4 is 10.9 Å². The topological polar surface area (TPSA) is 50.2 Å². The summed E-state index contributed by atoms with van der Waals surface area (Å²) in [6.07, 6.45) is 1.28. The fourth-order valence-corrected chi connectivity index (χ4v) is 3.71. The number of aromatic nitrogens is 2. The standard InChI is InChI=1S/C24H22N4O/c29-23-21-12-4-5-13-22(21)26-24(28(23)20-10-2-1-3-11-20)25-19-9-6-8-18(16-19)17-27-14-7-15-27/h1-6,8-13,16H,7,14-15,17H2,(H,25,26). The van der Waals surface area contributed by atoms with Gasteiger partial charge in [-0.25, -0.2) is 9.55 Å². The summed E-state index contributed by atoms with van der Waals surface area (Å²) < 4.78 is 1.64. The van der Waals surface area contributed by atoms with E-state index >= 15 is 0 Å². The Hall–Kier alpha value is -3.44. The summed E-state index contributed by atoms with van der Waals surface area (Å²) in [4.78, 5) is 20.5. The summed E-state index contributed by atoms with van der Waals surface area (Å²) in [6, 6.07) is 25.4. The van der Waals surface area contributed by atoms with Gasteiger partial charge < -0.3 is 5.32 Å². The zero-order valence-corrected chi connectivity index (χ0v) is 16.1. The molecule has 0 atom stereocenters. The van der Waals surface area contributed by atoms with E-state index in [-0.39, 0.29) is 5.56 Å². The van der Waals surface area contributed by atoms with E-state index in [1.54, 1.807) is 4.57 Å². The predicted octanol–water partition coefficient (Wildman–Crippen LogP) is 4.34. The van der Waals surface area contributed by atoms with E-state index in [0.717, 1.165) is 31.0 Å². The Labute approximate surface area is 169 Å². The Morgan fingerprint density at radius 2 is 1.69 bits per heavy atom. The number of para-hydroxylation sites is 2. The number of likely N-dealkylation sites (tertiary alicyclic amines) is 1. The van der Waals surface area contributed by atoms with Gasteiger partial charge >= 0.3 is 0 Å². The van der Waals surface area contributed by atoms with E-state index in [2.05, 4.69) is 22.3 Å². The van der Waals surface area contributed by atoms with Crippen LogP contribution in [0, 0.1) is 0 Å².